The molecule has 0 saturated carbocycles. The topological polar surface area (TPSA) is 33.1 Å². The van der Waals surface area contributed by atoms with Crippen molar-refractivity contribution in [3.8, 4) is 0 Å². The fourth-order valence-electron chi connectivity index (χ4n) is 3.24. The van der Waals surface area contributed by atoms with Crippen molar-refractivity contribution in [3.63, 3.8) is 0 Å². The number of anilines is 1. The quantitative estimate of drug-likeness (QED) is 0.883. The minimum Gasteiger partial charge on any atom is -0.342 e. The number of nitrogens with zero attached hydrogens (tertiary/aromatic N) is 3. The fourth-order valence-corrected chi connectivity index (χ4v) is 3.24. The smallest absolute Gasteiger partial charge is 0.205 e. The predicted molar refractivity (Wildman–Crippen MR) is 74.1 cm³/mol. The summed E-state index contributed by atoms with van der Waals surface area (Å²) in [6.07, 6.45) is 3.25. The van der Waals surface area contributed by atoms with Crippen LogP contribution in [0.3, 0.4) is 0 Å². The van der Waals surface area contributed by atoms with Crippen molar-refractivity contribution in [2.24, 2.45) is 11.8 Å². The average molecular weight is 248 g/mol. The van der Waals surface area contributed by atoms with E-state index in [1.54, 1.807) is 0 Å². The highest BCUT2D eigenvalue weighted by atomic mass is 15.3. The van der Waals surface area contributed by atoms with Gasteiger partial charge >= 0.3 is 0 Å². The number of aryl methyl sites for hydroxylation is 1. The van der Waals surface area contributed by atoms with Crippen LogP contribution in [0.4, 0.5) is 5.95 Å². The number of hydrogen-bond acceptors (Lipinski definition) is 3. The van der Waals surface area contributed by atoms with Crippen LogP contribution in [-0.4, -0.2) is 35.7 Å². The Hall–Kier alpha value is -1.03. The van der Waals surface area contributed by atoms with Crippen molar-refractivity contribution in [3.05, 3.63) is 11.9 Å². The van der Waals surface area contributed by atoms with Gasteiger partial charge in [-0.2, -0.15) is 0 Å². The molecule has 2 saturated heterocycles. The second kappa shape index (κ2) is 4.57. The van der Waals surface area contributed by atoms with Crippen molar-refractivity contribution in [1.29, 1.82) is 0 Å². The van der Waals surface area contributed by atoms with E-state index in [0.29, 0.717) is 6.04 Å². The largest absolute Gasteiger partial charge is 0.342 e. The van der Waals surface area contributed by atoms with Crippen LogP contribution in [0.15, 0.2) is 6.20 Å². The molecule has 2 aliphatic heterocycles. The summed E-state index contributed by atoms with van der Waals surface area (Å²) in [5, 5.41) is 3.50. The van der Waals surface area contributed by atoms with Gasteiger partial charge in [0.1, 0.15) is 0 Å². The monoisotopic (exact) mass is 248 g/mol. The number of nitrogens with one attached hydrogen (secondary N) is 1. The molecule has 100 valence electrons. The summed E-state index contributed by atoms with van der Waals surface area (Å²) in [6, 6.07) is 0.492. The molecule has 0 aliphatic carbocycles. The Morgan fingerprint density at radius 2 is 2.00 bits per heavy atom. The minimum absolute atomic E-state index is 0.492. The van der Waals surface area contributed by atoms with Crippen LogP contribution in [-0.2, 0) is 6.42 Å². The summed E-state index contributed by atoms with van der Waals surface area (Å²) in [4.78, 5) is 7.32. The molecule has 4 nitrogen and oxygen atoms in total. The van der Waals surface area contributed by atoms with Gasteiger partial charge in [-0.25, -0.2) is 4.98 Å². The van der Waals surface area contributed by atoms with E-state index < -0.39 is 0 Å². The Balaban J connectivity index is 1.85. The van der Waals surface area contributed by atoms with Crippen molar-refractivity contribution in [2.75, 3.05) is 31.1 Å². The highest BCUT2D eigenvalue weighted by Crippen LogP contribution is 2.31. The van der Waals surface area contributed by atoms with Crippen LogP contribution in [0.1, 0.15) is 32.5 Å². The molecule has 2 atom stereocenters. The summed E-state index contributed by atoms with van der Waals surface area (Å²) >= 11 is 0. The third kappa shape index (κ3) is 1.92. The van der Waals surface area contributed by atoms with Crippen LogP contribution < -0.4 is 10.2 Å². The van der Waals surface area contributed by atoms with E-state index in [0.717, 1.165) is 18.3 Å². The first-order chi connectivity index (χ1) is 8.69. The van der Waals surface area contributed by atoms with Gasteiger partial charge in [0.25, 0.3) is 0 Å². The number of imidazole rings is 1. The zero-order valence-electron chi connectivity index (χ0n) is 11.7. The molecule has 1 N–H and O–H groups in total. The molecule has 4 heteroatoms. The summed E-state index contributed by atoms with van der Waals surface area (Å²) < 4.78 is 2.34. The third-order valence-corrected chi connectivity index (χ3v) is 4.35. The van der Waals surface area contributed by atoms with Gasteiger partial charge in [0, 0.05) is 38.4 Å². The summed E-state index contributed by atoms with van der Waals surface area (Å²) in [7, 11) is 0. The van der Waals surface area contributed by atoms with E-state index in [2.05, 4.69) is 41.8 Å². The summed E-state index contributed by atoms with van der Waals surface area (Å²) in [6.45, 7) is 11.4. The van der Waals surface area contributed by atoms with E-state index in [1.165, 1.54) is 37.8 Å². The first-order valence-electron chi connectivity index (χ1n) is 7.22. The number of aromatic nitrogens is 2. The molecule has 0 spiro atoms. The maximum absolute atomic E-state index is 4.83. The number of rotatable bonds is 3. The Labute approximate surface area is 109 Å². The van der Waals surface area contributed by atoms with Gasteiger partial charge in [-0.1, -0.05) is 6.92 Å². The Morgan fingerprint density at radius 1 is 1.33 bits per heavy atom. The van der Waals surface area contributed by atoms with Crippen molar-refractivity contribution >= 4 is 5.95 Å². The van der Waals surface area contributed by atoms with Crippen LogP contribution in [0.25, 0.3) is 0 Å². The van der Waals surface area contributed by atoms with Crippen molar-refractivity contribution in [1.82, 2.24) is 14.9 Å². The van der Waals surface area contributed by atoms with Gasteiger partial charge in [-0.05, 0) is 32.1 Å². The fraction of sp³-hybridized carbons (Fsp3) is 0.786. The van der Waals surface area contributed by atoms with E-state index in [1.807, 2.05) is 0 Å². The van der Waals surface area contributed by atoms with Crippen LogP contribution in [0.2, 0.25) is 0 Å². The second-order valence-electron chi connectivity index (χ2n) is 5.97. The molecule has 3 heterocycles. The molecule has 0 bridgehead atoms. The van der Waals surface area contributed by atoms with E-state index in [4.69, 9.17) is 4.98 Å². The lowest BCUT2D eigenvalue weighted by atomic mass is 10.0. The maximum Gasteiger partial charge on any atom is 0.205 e. The zero-order valence-corrected chi connectivity index (χ0v) is 11.7. The minimum atomic E-state index is 0.492. The molecule has 3 rings (SSSR count). The van der Waals surface area contributed by atoms with Crippen LogP contribution in [0.5, 0.6) is 0 Å². The van der Waals surface area contributed by atoms with Gasteiger partial charge in [-0.15, -0.1) is 0 Å². The van der Waals surface area contributed by atoms with Gasteiger partial charge in [0.15, 0.2) is 0 Å². The first-order valence-corrected chi connectivity index (χ1v) is 7.22. The molecule has 18 heavy (non-hydrogen) atoms. The molecule has 1 aromatic heterocycles. The molecular weight excluding hydrogens is 224 g/mol. The third-order valence-electron chi connectivity index (χ3n) is 4.35. The van der Waals surface area contributed by atoms with E-state index in [9.17, 15) is 0 Å². The first kappa shape index (κ1) is 12.0. The van der Waals surface area contributed by atoms with Crippen molar-refractivity contribution < 1.29 is 0 Å². The van der Waals surface area contributed by atoms with Gasteiger partial charge in [0.2, 0.25) is 5.95 Å². The summed E-state index contributed by atoms with van der Waals surface area (Å²) in [5.74, 6) is 2.84. The lowest BCUT2D eigenvalue weighted by Gasteiger charge is -2.21. The standard InChI is InChI=1S/C14H24N4/c1-4-13-9-18(10(2)3)14(16-13)17-7-11-5-15-6-12(11)8-17/h9-12,15H,4-8H2,1-3H3/t11-,12+. The van der Waals surface area contributed by atoms with Gasteiger partial charge in [-0.3, -0.25) is 0 Å². The molecular formula is C14H24N4. The molecule has 1 aromatic rings. The highest BCUT2D eigenvalue weighted by Gasteiger charge is 2.37. The van der Waals surface area contributed by atoms with E-state index in [-0.39, 0.29) is 0 Å². The lowest BCUT2D eigenvalue weighted by molar-refractivity contribution is 0.533. The number of fused-ring (bicyclic) bond motifs is 1. The van der Waals surface area contributed by atoms with Crippen LogP contribution in [0, 0.1) is 11.8 Å². The van der Waals surface area contributed by atoms with Crippen molar-refractivity contribution in [2.45, 2.75) is 33.2 Å². The molecule has 0 amide bonds. The van der Waals surface area contributed by atoms with E-state index >= 15 is 0 Å². The molecule has 2 fully saturated rings. The Morgan fingerprint density at radius 3 is 2.56 bits per heavy atom. The Kier molecular flexibility index (Phi) is 3.06. The second-order valence-corrected chi connectivity index (χ2v) is 5.97. The average Bonchev–Trinajstić information content (AvgIpc) is 3.01. The highest BCUT2D eigenvalue weighted by molar-refractivity contribution is 5.37. The van der Waals surface area contributed by atoms with Crippen LogP contribution >= 0.6 is 0 Å². The maximum atomic E-state index is 4.83. The SMILES string of the molecule is CCc1cn(C(C)C)c(N2C[C@H]3CNC[C@H]3C2)n1. The molecule has 0 radical (unpaired) electrons. The molecule has 2 aliphatic rings. The number of hydrogen-bond donors (Lipinski definition) is 1. The van der Waals surface area contributed by atoms with Gasteiger partial charge in [0.05, 0.1) is 5.69 Å². The van der Waals surface area contributed by atoms with Gasteiger partial charge < -0.3 is 14.8 Å². The zero-order chi connectivity index (χ0) is 12.7. The summed E-state index contributed by atoms with van der Waals surface area (Å²) in [5.41, 5.74) is 1.22. The molecule has 0 unspecified atom stereocenters. The predicted octanol–water partition coefficient (Wildman–Crippen LogP) is 1.68. The normalized spacial score (nSPS) is 27.2. The Bertz CT molecular complexity index is 411. The lowest BCUT2D eigenvalue weighted by Crippen LogP contribution is -2.28. The molecule has 0 aromatic carbocycles.